The van der Waals surface area contributed by atoms with Crippen LogP contribution >= 0.6 is 0 Å². The van der Waals surface area contributed by atoms with E-state index in [0.717, 1.165) is 34.7 Å². The lowest BCUT2D eigenvalue weighted by atomic mass is 9.99. The van der Waals surface area contributed by atoms with E-state index in [1.807, 2.05) is 24.3 Å². The Labute approximate surface area is 195 Å². The number of benzene rings is 3. The largest absolute Gasteiger partial charge is 0.488 e. The van der Waals surface area contributed by atoms with Crippen molar-refractivity contribution < 1.29 is 9.53 Å². The topological polar surface area (TPSA) is 41.6 Å². The van der Waals surface area contributed by atoms with Gasteiger partial charge in [0.1, 0.15) is 12.4 Å². The van der Waals surface area contributed by atoms with Crippen molar-refractivity contribution in [2.45, 2.75) is 32.7 Å². The van der Waals surface area contributed by atoms with E-state index in [2.05, 4.69) is 65.7 Å². The summed E-state index contributed by atoms with van der Waals surface area (Å²) in [5, 5.41) is 3.02. The van der Waals surface area contributed by atoms with Crippen molar-refractivity contribution in [2.24, 2.45) is 0 Å². The number of amides is 1. The van der Waals surface area contributed by atoms with Crippen LogP contribution in [0.25, 0.3) is 17.2 Å². The Morgan fingerprint density at radius 3 is 2.39 bits per heavy atom. The first-order valence-corrected chi connectivity index (χ1v) is 11.8. The van der Waals surface area contributed by atoms with Gasteiger partial charge in [-0.15, -0.1) is 0 Å². The summed E-state index contributed by atoms with van der Waals surface area (Å²) in [6.45, 7) is 5.70. The van der Waals surface area contributed by atoms with E-state index in [4.69, 9.17) is 4.74 Å². The van der Waals surface area contributed by atoms with Crippen molar-refractivity contribution in [3.63, 3.8) is 0 Å². The summed E-state index contributed by atoms with van der Waals surface area (Å²) in [6, 6.07) is 22.8. The maximum Gasteiger partial charge on any atom is 0.255 e. The number of ether oxygens (including phenoxy) is 1. The number of nitrogens with one attached hydrogen (secondary N) is 1. The second kappa shape index (κ2) is 9.63. The zero-order valence-electron chi connectivity index (χ0n) is 19.1. The summed E-state index contributed by atoms with van der Waals surface area (Å²) in [6.07, 6.45) is 5.87. The first-order valence-electron chi connectivity index (χ1n) is 11.8. The summed E-state index contributed by atoms with van der Waals surface area (Å²) in [5.74, 6) is 0.689. The van der Waals surface area contributed by atoms with E-state index in [0.29, 0.717) is 5.57 Å². The molecule has 4 heteroatoms. The van der Waals surface area contributed by atoms with Gasteiger partial charge in [-0.05, 0) is 79.9 Å². The average Bonchev–Trinajstić information content (AvgIpc) is 2.85. The van der Waals surface area contributed by atoms with Crippen molar-refractivity contribution in [3.8, 4) is 16.9 Å². The normalized spacial score (nSPS) is 15.8. The summed E-state index contributed by atoms with van der Waals surface area (Å²) in [4.78, 5) is 15.4. The summed E-state index contributed by atoms with van der Waals surface area (Å²) >= 11 is 0. The molecule has 0 aromatic heterocycles. The van der Waals surface area contributed by atoms with Gasteiger partial charge in [0.15, 0.2) is 0 Å². The molecule has 0 saturated carbocycles. The third-order valence-corrected chi connectivity index (χ3v) is 6.47. The van der Waals surface area contributed by atoms with Crippen LogP contribution in [0.4, 0.5) is 5.69 Å². The molecule has 1 saturated heterocycles. The van der Waals surface area contributed by atoms with Crippen LogP contribution in [-0.4, -0.2) is 30.5 Å². The number of aryl methyl sites for hydroxylation is 1. The first kappa shape index (κ1) is 21.5. The first-order chi connectivity index (χ1) is 16.1. The highest BCUT2D eigenvalue weighted by Crippen LogP contribution is 2.31. The maximum atomic E-state index is 12.9. The lowest BCUT2D eigenvalue weighted by Crippen LogP contribution is -2.29. The van der Waals surface area contributed by atoms with Gasteiger partial charge in [0.05, 0.1) is 5.57 Å². The highest BCUT2D eigenvalue weighted by molar-refractivity contribution is 6.07. The molecule has 3 aromatic carbocycles. The number of nitrogens with zero attached hydrogens (tertiary/aromatic N) is 1. The Balaban J connectivity index is 1.26. The van der Waals surface area contributed by atoms with Gasteiger partial charge >= 0.3 is 0 Å². The summed E-state index contributed by atoms with van der Waals surface area (Å²) in [5.41, 5.74) is 7.15. The Hall–Kier alpha value is -3.37. The maximum absolute atomic E-state index is 12.9. The Bertz CT molecular complexity index is 1160. The molecule has 33 heavy (non-hydrogen) atoms. The molecular formula is C29H30N2O2. The van der Waals surface area contributed by atoms with Crippen molar-refractivity contribution in [1.82, 2.24) is 4.90 Å². The third-order valence-electron chi connectivity index (χ3n) is 6.47. The molecule has 5 rings (SSSR count). The van der Waals surface area contributed by atoms with Gasteiger partial charge in [0.25, 0.3) is 5.91 Å². The highest BCUT2D eigenvalue weighted by atomic mass is 16.5. The quantitative estimate of drug-likeness (QED) is 0.526. The minimum Gasteiger partial charge on any atom is -0.488 e. The number of carbonyl (C=O) groups is 1. The van der Waals surface area contributed by atoms with Crippen LogP contribution in [-0.2, 0) is 11.3 Å². The fraction of sp³-hybridized carbons (Fsp3) is 0.276. The monoisotopic (exact) mass is 438 g/mol. The molecule has 0 unspecified atom stereocenters. The zero-order valence-corrected chi connectivity index (χ0v) is 19.1. The fourth-order valence-electron chi connectivity index (χ4n) is 4.51. The number of piperidine rings is 1. The highest BCUT2D eigenvalue weighted by Gasteiger charge is 2.18. The van der Waals surface area contributed by atoms with Crippen LogP contribution in [0, 0.1) is 6.92 Å². The predicted octanol–water partition coefficient (Wildman–Crippen LogP) is 6.06. The number of rotatable bonds is 5. The van der Waals surface area contributed by atoms with Gasteiger partial charge in [0, 0.05) is 17.8 Å². The fourth-order valence-corrected chi connectivity index (χ4v) is 4.51. The number of likely N-dealkylation sites (tertiary alicyclic amines) is 1. The lowest BCUT2D eigenvalue weighted by Gasteiger charge is -2.26. The SMILES string of the molecule is Cc1ccc(-c2ccc3c(c2)C=C(C(=O)Nc2ccc(CN4CCCCC4)cc2)CO3)cc1. The second-order valence-corrected chi connectivity index (χ2v) is 9.06. The predicted molar refractivity (Wildman–Crippen MR) is 134 cm³/mol. The standard InChI is InChI=1S/C29H30N2O2/c1-21-5-9-23(10-6-21)24-11-14-28-25(17-24)18-26(20-33-28)29(32)30-27-12-7-22(8-13-27)19-31-15-3-2-4-16-31/h5-14,17-18H,2-4,15-16,19-20H2,1H3,(H,30,32). The molecule has 4 nitrogen and oxygen atoms in total. The Morgan fingerprint density at radius 2 is 1.64 bits per heavy atom. The second-order valence-electron chi connectivity index (χ2n) is 9.06. The number of fused-ring (bicyclic) bond motifs is 1. The number of hydrogen-bond acceptors (Lipinski definition) is 3. The van der Waals surface area contributed by atoms with Crippen molar-refractivity contribution in [2.75, 3.05) is 25.0 Å². The Kier molecular flexibility index (Phi) is 6.27. The average molecular weight is 439 g/mol. The van der Waals surface area contributed by atoms with E-state index < -0.39 is 0 Å². The van der Waals surface area contributed by atoms with Crippen LogP contribution < -0.4 is 10.1 Å². The van der Waals surface area contributed by atoms with Crippen LogP contribution in [0.3, 0.4) is 0 Å². The molecule has 1 N–H and O–H groups in total. The minimum atomic E-state index is -0.120. The number of anilines is 1. The molecule has 0 aliphatic carbocycles. The van der Waals surface area contributed by atoms with E-state index in [1.54, 1.807) is 0 Å². The molecule has 1 amide bonds. The van der Waals surface area contributed by atoms with Gasteiger partial charge in [-0.25, -0.2) is 0 Å². The molecule has 0 spiro atoms. The van der Waals surface area contributed by atoms with Gasteiger partial charge in [-0.3, -0.25) is 9.69 Å². The van der Waals surface area contributed by atoms with Gasteiger partial charge in [-0.2, -0.15) is 0 Å². The lowest BCUT2D eigenvalue weighted by molar-refractivity contribution is -0.113. The Morgan fingerprint density at radius 1 is 0.909 bits per heavy atom. The molecule has 168 valence electrons. The molecule has 1 fully saturated rings. The van der Waals surface area contributed by atoms with Gasteiger partial charge in [0.2, 0.25) is 0 Å². The van der Waals surface area contributed by atoms with Crippen LogP contribution in [0.1, 0.15) is 36.0 Å². The van der Waals surface area contributed by atoms with Crippen molar-refractivity contribution in [1.29, 1.82) is 0 Å². The summed E-state index contributed by atoms with van der Waals surface area (Å²) < 4.78 is 5.87. The number of carbonyl (C=O) groups excluding carboxylic acids is 1. The smallest absolute Gasteiger partial charge is 0.255 e. The van der Waals surface area contributed by atoms with Gasteiger partial charge in [-0.1, -0.05) is 54.4 Å². The molecule has 0 atom stereocenters. The van der Waals surface area contributed by atoms with Crippen LogP contribution in [0.15, 0.2) is 72.3 Å². The minimum absolute atomic E-state index is 0.120. The van der Waals surface area contributed by atoms with E-state index in [1.165, 1.54) is 43.5 Å². The third kappa shape index (κ3) is 5.18. The number of hydrogen-bond donors (Lipinski definition) is 1. The summed E-state index contributed by atoms with van der Waals surface area (Å²) in [7, 11) is 0. The van der Waals surface area contributed by atoms with E-state index >= 15 is 0 Å². The molecule has 3 aromatic rings. The molecule has 2 aliphatic rings. The van der Waals surface area contributed by atoms with E-state index in [-0.39, 0.29) is 12.5 Å². The van der Waals surface area contributed by atoms with Gasteiger partial charge < -0.3 is 10.1 Å². The molecule has 0 radical (unpaired) electrons. The molecule has 2 heterocycles. The van der Waals surface area contributed by atoms with Crippen LogP contribution in [0.5, 0.6) is 5.75 Å². The zero-order chi connectivity index (χ0) is 22.6. The molecule has 2 aliphatic heterocycles. The molecular weight excluding hydrogens is 408 g/mol. The van der Waals surface area contributed by atoms with Crippen molar-refractivity contribution in [3.05, 3.63) is 89.0 Å². The van der Waals surface area contributed by atoms with E-state index in [9.17, 15) is 4.79 Å². The van der Waals surface area contributed by atoms with Crippen molar-refractivity contribution >= 4 is 17.7 Å². The molecule has 0 bridgehead atoms. The van der Waals surface area contributed by atoms with Crippen LogP contribution in [0.2, 0.25) is 0 Å².